The number of ether oxygens (including phenoxy) is 3. The Bertz CT molecular complexity index is 1610. The minimum atomic E-state index is -1.02. The Kier molecular flexibility index (Phi) is 8.96. The molecule has 224 valence electrons. The van der Waals surface area contributed by atoms with Crippen LogP contribution in [0.2, 0.25) is 0 Å². The minimum Gasteiger partial charge on any atom is -0.507 e. The topological polar surface area (TPSA) is 115 Å². The highest BCUT2D eigenvalue weighted by molar-refractivity contribution is 7.17. The molecule has 1 aromatic heterocycles. The van der Waals surface area contributed by atoms with Crippen molar-refractivity contribution in [3.05, 3.63) is 88.0 Å². The van der Waals surface area contributed by atoms with Gasteiger partial charge in [-0.15, -0.1) is 0 Å². The lowest BCUT2D eigenvalue weighted by atomic mass is 9.94. The Morgan fingerprint density at radius 2 is 2.05 bits per heavy atom. The van der Waals surface area contributed by atoms with Gasteiger partial charge in [0.05, 0.1) is 23.9 Å². The largest absolute Gasteiger partial charge is 0.507 e. The van der Waals surface area contributed by atoms with E-state index < -0.39 is 23.7 Å². The standard InChI is InChI=1S/C33H34N2O7S/c1-5-7-8-15-40-24-11-9-10-21(18-24)27-26(28(36)22-12-13-25-23(17-22)16-19(3)42-25)29(37)31(38)35(27)33-34-20(4)30(43-33)32(39)41-14-6-2/h6,9-13,17-19,27,36H,2,5,7-8,14-16H2,1,3-4H3/t19-,27-/m0/s1. The highest BCUT2D eigenvalue weighted by Gasteiger charge is 2.48. The predicted molar refractivity (Wildman–Crippen MR) is 164 cm³/mol. The van der Waals surface area contributed by atoms with E-state index in [0.29, 0.717) is 35.6 Å². The summed E-state index contributed by atoms with van der Waals surface area (Å²) < 4.78 is 17.0. The molecule has 0 radical (unpaired) electrons. The van der Waals surface area contributed by atoms with E-state index in [1.165, 1.54) is 11.0 Å². The second-order valence-corrected chi connectivity index (χ2v) is 11.5. The Morgan fingerprint density at radius 3 is 2.81 bits per heavy atom. The van der Waals surface area contributed by atoms with Gasteiger partial charge in [-0.2, -0.15) is 0 Å². The Labute approximate surface area is 254 Å². The van der Waals surface area contributed by atoms with Crippen LogP contribution in [0.5, 0.6) is 11.5 Å². The van der Waals surface area contributed by atoms with Crippen LogP contribution in [0.25, 0.3) is 5.76 Å². The highest BCUT2D eigenvalue weighted by atomic mass is 32.1. The number of rotatable bonds is 11. The van der Waals surface area contributed by atoms with E-state index in [-0.39, 0.29) is 34.1 Å². The van der Waals surface area contributed by atoms with Crippen molar-refractivity contribution in [3.8, 4) is 11.5 Å². The smallest absolute Gasteiger partial charge is 0.350 e. The number of aliphatic hydroxyl groups is 1. The summed E-state index contributed by atoms with van der Waals surface area (Å²) >= 11 is 0.950. The lowest BCUT2D eigenvalue weighted by Crippen LogP contribution is -2.29. The summed E-state index contributed by atoms with van der Waals surface area (Å²) in [7, 11) is 0. The number of anilines is 1. The number of nitrogens with zero attached hydrogens (tertiary/aromatic N) is 2. The number of hydrogen-bond donors (Lipinski definition) is 1. The average Bonchev–Trinajstić information content (AvgIpc) is 3.65. The van der Waals surface area contributed by atoms with Crippen molar-refractivity contribution in [1.82, 2.24) is 4.98 Å². The SMILES string of the molecule is C=CCOC(=O)c1sc(N2C(=O)C(=O)C(=C(O)c3ccc4c(c3)C[C@H](C)O4)[C@@H]2c2cccc(OCCCCC)c2)nc1C. The van der Waals surface area contributed by atoms with Crippen molar-refractivity contribution in [3.63, 3.8) is 0 Å². The van der Waals surface area contributed by atoms with Crippen molar-refractivity contribution in [2.45, 2.75) is 58.6 Å². The summed E-state index contributed by atoms with van der Waals surface area (Å²) in [5, 5.41) is 11.8. The summed E-state index contributed by atoms with van der Waals surface area (Å²) in [5.74, 6) is -1.33. The number of aryl methyl sites for hydroxylation is 1. The summed E-state index contributed by atoms with van der Waals surface area (Å²) in [6.07, 6.45) is 5.10. The number of amides is 1. The van der Waals surface area contributed by atoms with Gasteiger partial charge in [-0.3, -0.25) is 14.5 Å². The minimum absolute atomic E-state index is 0.00134. The number of hydrogen-bond acceptors (Lipinski definition) is 9. The summed E-state index contributed by atoms with van der Waals surface area (Å²) in [5.41, 5.74) is 2.13. The van der Waals surface area contributed by atoms with Gasteiger partial charge in [0.1, 0.15) is 34.8 Å². The first kappa shape index (κ1) is 30.0. The lowest BCUT2D eigenvalue weighted by Gasteiger charge is -2.23. The lowest BCUT2D eigenvalue weighted by molar-refractivity contribution is -0.132. The molecule has 0 bridgehead atoms. The molecule has 2 atom stereocenters. The fourth-order valence-electron chi connectivity index (χ4n) is 5.26. The van der Waals surface area contributed by atoms with Gasteiger partial charge in [0.2, 0.25) is 0 Å². The van der Waals surface area contributed by atoms with Crippen LogP contribution < -0.4 is 14.4 Å². The maximum Gasteiger partial charge on any atom is 0.350 e. The van der Waals surface area contributed by atoms with Crippen LogP contribution >= 0.6 is 11.3 Å². The van der Waals surface area contributed by atoms with Gasteiger partial charge in [-0.05, 0) is 61.7 Å². The number of Topliss-reactive ketones (excluding diaryl/α,β-unsaturated/α-hetero) is 1. The molecule has 3 heterocycles. The van der Waals surface area contributed by atoms with Crippen LogP contribution in [0.1, 0.15) is 71.2 Å². The maximum absolute atomic E-state index is 13.7. The molecule has 5 rings (SSSR count). The van der Waals surface area contributed by atoms with Gasteiger partial charge >= 0.3 is 11.9 Å². The van der Waals surface area contributed by atoms with Crippen LogP contribution in [-0.2, 0) is 20.7 Å². The predicted octanol–water partition coefficient (Wildman–Crippen LogP) is 6.31. The zero-order valence-corrected chi connectivity index (χ0v) is 25.2. The van der Waals surface area contributed by atoms with E-state index >= 15 is 0 Å². The second kappa shape index (κ2) is 12.8. The number of aliphatic hydroxyl groups excluding tert-OH is 1. The number of unbranched alkanes of at least 4 members (excludes halogenated alkanes) is 2. The first-order valence-electron chi connectivity index (χ1n) is 14.3. The van der Waals surface area contributed by atoms with Gasteiger partial charge in [-0.1, -0.05) is 55.9 Å². The third kappa shape index (κ3) is 6.06. The van der Waals surface area contributed by atoms with Crippen molar-refractivity contribution in [2.75, 3.05) is 18.1 Å². The summed E-state index contributed by atoms with van der Waals surface area (Å²) in [6.45, 7) is 9.81. The van der Waals surface area contributed by atoms with E-state index in [4.69, 9.17) is 14.2 Å². The van der Waals surface area contributed by atoms with Crippen molar-refractivity contribution in [1.29, 1.82) is 0 Å². The van der Waals surface area contributed by atoms with Gasteiger partial charge in [-0.25, -0.2) is 9.78 Å². The van der Waals surface area contributed by atoms with Gasteiger partial charge in [0.25, 0.3) is 5.78 Å². The third-order valence-corrected chi connectivity index (χ3v) is 8.45. The molecule has 1 saturated heterocycles. The second-order valence-electron chi connectivity index (χ2n) is 10.6. The fraction of sp³-hybridized carbons (Fsp3) is 0.333. The van der Waals surface area contributed by atoms with Crippen LogP contribution in [0.4, 0.5) is 5.13 Å². The zero-order valence-electron chi connectivity index (χ0n) is 24.4. The van der Waals surface area contributed by atoms with Crippen LogP contribution in [0.3, 0.4) is 0 Å². The fourth-order valence-corrected chi connectivity index (χ4v) is 6.25. The van der Waals surface area contributed by atoms with E-state index in [9.17, 15) is 19.5 Å². The Hall–Kier alpha value is -4.44. The molecule has 3 aromatic rings. The molecule has 2 aliphatic heterocycles. The van der Waals surface area contributed by atoms with Crippen LogP contribution in [0.15, 0.2) is 60.7 Å². The van der Waals surface area contributed by atoms with Gasteiger partial charge < -0.3 is 19.3 Å². The van der Waals surface area contributed by atoms with Gasteiger partial charge in [0, 0.05) is 12.0 Å². The normalized spacial score (nSPS) is 18.8. The molecule has 1 fully saturated rings. The first-order chi connectivity index (χ1) is 20.7. The average molecular weight is 603 g/mol. The number of esters is 1. The Balaban J connectivity index is 1.61. The molecular weight excluding hydrogens is 568 g/mol. The third-order valence-electron chi connectivity index (χ3n) is 7.31. The molecule has 9 nitrogen and oxygen atoms in total. The first-order valence-corrected chi connectivity index (χ1v) is 15.1. The molecule has 0 saturated carbocycles. The molecule has 1 amide bonds. The molecule has 0 aliphatic carbocycles. The van der Waals surface area contributed by atoms with E-state index in [1.54, 1.807) is 43.3 Å². The quantitative estimate of drug-likeness (QED) is 0.0678. The summed E-state index contributed by atoms with van der Waals surface area (Å²) in [4.78, 5) is 46.0. The molecule has 0 spiro atoms. The number of aromatic nitrogens is 1. The van der Waals surface area contributed by atoms with Crippen molar-refractivity contribution in [2.24, 2.45) is 0 Å². The molecule has 2 aliphatic rings. The molecule has 0 unspecified atom stereocenters. The molecule has 43 heavy (non-hydrogen) atoms. The number of ketones is 1. The molecule has 2 aromatic carbocycles. The number of thiazole rings is 1. The monoisotopic (exact) mass is 602 g/mol. The zero-order chi connectivity index (χ0) is 30.7. The van der Waals surface area contributed by atoms with Gasteiger partial charge in [0.15, 0.2) is 5.13 Å². The number of benzene rings is 2. The van der Waals surface area contributed by atoms with Crippen molar-refractivity contribution < 1.29 is 33.7 Å². The van der Waals surface area contributed by atoms with Crippen LogP contribution in [-0.4, -0.2) is 47.1 Å². The number of carbonyl (C=O) groups excluding carboxylic acids is 3. The maximum atomic E-state index is 13.7. The molecular formula is C33H34N2O7S. The summed E-state index contributed by atoms with van der Waals surface area (Å²) in [6, 6.07) is 11.3. The molecule has 10 heteroatoms. The Morgan fingerprint density at radius 1 is 1.23 bits per heavy atom. The highest BCUT2D eigenvalue weighted by Crippen LogP contribution is 2.45. The van der Waals surface area contributed by atoms with E-state index in [1.807, 2.05) is 13.0 Å². The van der Waals surface area contributed by atoms with Crippen LogP contribution in [0, 0.1) is 6.92 Å². The van der Waals surface area contributed by atoms with E-state index in [0.717, 1.165) is 41.9 Å². The number of fused-ring (bicyclic) bond motifs is 1. The number of carbonyl (C=O) groups is 3. The van der Waals surface area contributed by atoms with E-state index in [2.05, 4.69) is 18.5 Å². The molecule has 1 N–H and O–H groups in total. The van der Waals surface area contributed by atoms with Crippen molar-refractivity contribution >= 4 is 39.9 Å².